The molecule has 0 atom stereocenters. The van der Waals surface area contributed by atoms with Crippen molar-refractivity contribution in [2.45, 2.75) is 39.5 Å². The van der Waals surface area contributed by atoms with Crippen molar-refractivity contribution < 1.29 is 9.53 Å². The Hall–Kier alpha value is -2.10. The summed E-state index contributed by atoms with van der Waals surface area (Å²) in [6, 6.07) is 10.1. The van der Waals surface area contributed by atoms with Gasteiger partial charge in [-0.2, -0.15) is 5.10 Å². The Bertz CT molecular complexity index is 717. The molecule has 8 heteroatoms. The van der Waals surface area contributed by atoms with E-state index in [1.165, 1.54) is 11.1 Å². The van der Waals surface area contributed by atoms with Crippen LogP contribution in [0.15, 0.2) is 47.7 Å². The molecule has 2 N–H and O–H groups in total. The first kappa shape index (κ1) is 22.9. The van der Waals surface area contributed by atoms with E-state index in [0.717, 1.165) is 6.54 Å². The highest BCUT2D eigenvalue weighted by atomic mass is 127. The highest BCUT2D eigenvalue weighted by Gasteiger charge is 2.07. The summed E-state index contributed by atoms with van der Waals surface area (Å²) in [7, 11) is 1.71. The van der Waals surface area contributed by atoms with E-state index >= 15 is 0 Å². The molecule has 2 rings (SSSR count). The van der Waals surface area contributed by atoms with Crippen LogP contribution in [0.5, 0.6) is 0 Å². The van der Waals surface area contributed by atoms with Gasteiger partial charge in [0.05, 0.1) is 19.1 Å². The standard InChI is InChI=1S/C19H27N5O2.HI/c1-15(2)26-18(25)9-11-21-19(20-3)22-13-16-7-4-5-8-17(16)14-24-12-6-10-23-24;/h4-8,10,12,15H,9,11,13-14H2,1-3H3,(H2,20,21,22);1H. The molecule has 7 nitrogen and oxygen atoms in total. The van der Waals surface area contributed by atoms with Crippen molar-refractivity contribution >= 4 is 35.9 Å². The van der Waals surface area contributed by atoms with Crippen molar-refractivity contribution in [2.75, 3.05) is 13.6 Å². The van der Waals surface area contributed by atoms with Crippen molar-refractivity contribution in [1.29, 1.82) is 0 Å². The van der Waals surface area contributed by atoms with Crippen LogP contribution in [0.2, 0.25) is 0 Å². The zero-order chi connectivity index (χ0) is 18.8. The number of ether oxygens (including phenoxy) is 1. The number of guanidine groups is 1. The monoisotopic (exact) mass is 485 g/mol. The third kappa shape index (κ3) is 8.42. The molecule has 0 fully saturated rings. The molecule has 0 amide bonds. The number of benzene rings is 1. The van der Waals surface area contributed by atoms with Gasteiger partial charge in [0, 0.05) is 32.5 Å². The predicted molar refractivity (Wildman–Crippen MR) is 117 cm³/mol. The van der Waals surface area contributed by atoms with Gasteiger partial charge in [-0.05, 0) is 31.0 Å². The normalized spacial score (nSPS) is 11.0. The average molecular weight is 485 g/mol. The fourth-order valence-electron chi connectivity index (χ4n) is 2.46. The second-order valence-electron chi connectivity index (χ2n) is 6.11. The number of carbonyl (C=O) groups is 1. The van der Waals surface area contributed by atoms with Crippen molar-refractivity contribution in [3.63, 3.8) is 0 Å². The maximum Gasteiger partial charge on any atom is 0.307 e. The summed E-state index contributed by atoms with van der Waals surface area (Å²) < 4.78 is 7.01. The Morgan fingerprint density at radius 2 is 1.96 bits per heavy atom. The zero-order valence-corrected chi connectivity index (χ0v) is 18.3. The number of rotatable bonds is 8. The first-order chi connectivity index (χ1) is 12.6. The van der Waals surface area contributed by atoms with Gasteiger partial charge >= 0.3 is 5.97 Å². The van der Waals surface area contributed by atoms with Gasteiger partial charge in [-0.3, -0.25) is 14.5 Å². The van der Waals surface area contributed by atoms with Crippen LogP contribution in [0.4, 0.5) is 0 Å². The molecule has 0 aliphatic rings. The molecular formula is C19H28IN5O2. The van der Waals surface area contributed by atoms with Crippen LogP contribution in [0.3, 0.4) is 0 Å². The van der Waals surface area contributed by atoms with Crippen molar-refractivity contribution in [3.8, 4) is 0 Å². The zero-order valence-electron chi connectivity index (χ0n) is 16.0. The van der Waals surface area contributed by atoms with E-state index in [1.807, 2.05) is 42.9 Å². The van der Waals surface area contributed by atoms with E-state index in [4.69, 9.17) is 4.74 Å². The first-order valence-corrected chi connectivity index (χ1v) is 8.76. The van der Waals surface area contributed by atoms with Crippen LogP contribution in [0.1, 0.15) is 31.4 Å². The lowest BCUT2D eigenvalue weighted by atomic mass is 10.1. The lowest BCUT2D eigenvalue weighted by molar-refractivity contribution is -0.147. The van der Waals surface area contributed by atoms with Gasteiger partial charge in [-0.1, -0.05) is 24.3 Å². The fourth-order valence-corrected chi connectivity index (χ4v) is 2.46. The Labute approximate surface area is 177 Å². The first-order valence-electron chi connectivity index (χ1n) is 8.76. The van der Waals surface area contributed by atoms with Crippen molar-refractivity contribution in [2.24, 2.45) is 4.99 Å². The van der Waals surface area contributed by atoms with Crippen molar-refractivity contribution in [1.82, 2.24) is 20.4 Å². The smallest absolute Gasteiger partial charge is 0.307 e. The summed E-state index contributed by atoms with van der Waals surface area (Å²) >= 11 is 0. The Morgan fingerprint density at radius 3 is 2.59 bits per heavy atom. The minimum atomic E-state index is -0.215. The maximum atomic E-state index is 11.6. The molecule has 0 bridgehead atoms. The van der Waals surface area contributed by atoms with Gasteiger partial charge in [-0.25, -0.2) is 0 Å². The third-order valence-electron chi connectivity index (χ3n) is 3.67. The number of nitrogens with one attached hydrogen (secondary N) is 2. The molecule has 2 aromatic rings. The summed E-state index contributed by atoms with van der Waals surface area (Å²) in [5, 5.41) is 10.7. The number of aromatic nitrogens is 2. The average Bonchev–Trinajstić information content (AvgIpc) is 3.11. The largest absolute Gasteiger partial charge is 0.463 e. The van der Waals surface area contributed by atoms with E-state index in [9.17, 15) is 4.79 Å². The van der Waals surface area contributed by atoms with Gasteiger partial charge < -0.3 is 15.4 Å². The number of carbonyl (C=O) groups excluding carboxylic acids is 1. The number of hydrogen-bond acceptors (Lipinski definition) is 4. The number of aliphatic imine (C=N–C) groups is 1. The molecule has 0 spiro atoms. The second-order valence-corrected chi connectivity index (χ2v) is 6.11. The second kappa shape index (κ2) is 12.3. The van der Waals surface area contributed by atoms with Crippen LogP contribution >= 0.6 is 24.0 Å². The van der Waals surface area contributed by atoms with E-state index in [-0.39, 0.29) is 36.0 Å². The van der Waals surface area contributed by atoms with E-state index < -0.39 is 0 Å². The van der Waals surface area contributed by atoms with Crippen molar-refractivity contribution in [3.05, 3.63) is 53.9 Å². The molecule has 1 aromatic heterocycles. The van der Waals surface area contributed by atoms with E-state index in [2.05, 4.69) is 32.9 Å². The highest BCUT2D eigenvalue weighted by Crippen LogP contribution is 2.10. The van der Waals surface area contributed by atoms with Crippen LogP contribution < -0.4 is 10.6 Å². The molecule has 0 saturated heterocycles. The van der Waals surface area contributed by atoms with Gasteiger partial charge in [-0.15, -0.1) is 24.0 Å². The summed E-state index contributed by atoms with van der Waals surface area (Å²) in [4.78, 5) is 15.8. The predicted octanol–water partition coefficient (Wildman–Crippen LogP) is 2.56. The molecule has 1 heterocycles. The Kier molecular flexibility index (Phi) is 10.5. The van der Waals surface area contributed by atoms with E-state index in [1.54, 1.807) is 13.2 Å². The topological polar surface area (TPSA) is 80.5 Å². The number of halogens is 1. The van der Waals surface area contributed by atoms with Gasteiger partial charge in [0.2, 0.25) is 0 Å². The van der Waals surface area contributed by atoms with Gasteiger partial charge in [0.25, 0.3) is 0 Å². The lowest BCUT2D eigenvalue weighted by Crippen LogP contribution is -2.38. The Balaban J connectivity index is 0.00000364. The summed E-state index contributed by atoms with van der Waals surface area (Å²) in [5.74, 6) is 0.434. The number of esters is 1. The molecule has 0 aliphatic carbocycles. The van der Waals surface area contributed by atoms with Crippen LogP contribution in [-0.4, -0.2) is 41.4 Å². The molecule has 0 radical (unpaired) electrons. The molecule has 0 saturated carbocycles. The Morgan fingerprint density at radius 1 is 1.22 bits per heavy atom. The minimum absolute atomic E-state index is 0. The molecule has 1 aromatic carbocycles. The molecule has 0 aliphatic heterocycles. The molecule has 0 unspecified atom stereocenters. The van der Waals surface area contributed by atoms with Crippen LogP contribution in [0.25, 0.3) is 0 Å². The van der Waals surface area contributed by atoms with Gasteiger partial charge in [0.1, 0.15) is 0 Å². The number of hydrogen-bond donors (Lipinski definition) is 2. The molecule has 148 valence electrons. The molecule has 27 heavy (non-hydrogen) atoms. The quantitative estimate of drug-likeness (QED) is 0.260. The number of nitrogens with zero attached hydrogens (tertiary/aromatic N) is 3. The lowest BCUT2D eigenvalue weighted by Gasteiger charge is -2.14. The highest BCUT2D eigenvalue weighted by molar-refractivity contribution is 14.0. The minimum Gasteiger partial charge on any atom is -0.463 e. The van der Waals surface area contributed by atoms with Crippen LogP contribution in [0, 0.1) is 0 Å². The molecular weight excluding hydrogens is 457 g/mol. The maximum absolute atomic E-state index is 11.6. The summed E-state index contributed by atoms with van der Waals surface area (Å²) in [6.45, 7) is 5.50. The SMILES string of the molecule is CN=C(NCCC(=O)OC(C)C)NCc1ccccc1Cn1cccn1.I. The third-order valence-corrected chi connectivity index (χ3v) is 3.67. The van der Waals surface area contributed by atoms with E-state index in [0.29, 0.717) is 25.5 Å². The summed E-state index contributed by atoms with van der Waals surface area (Å²) in [5.41, 5.74) is 2.37. The van der Waals surface area contributed by atoms with Crippen LogP contribution in [-0.2, 0) is 22.6 Å². The summed E-state index contributed by atoms with van der Waals surface area (Å²) in [6.07, 6.45) is 3.93. The van der Waals surface area contributed by atoms with Gasteiger partial charge in [0.15, 0.2) is 5.96 Å². The fraction of sp³-hybridized carbons (Fsp3) is 0.421.